The summed E-state index contributed by atoms with van der Waals surface area (Å²) in [4.78, 5) is 14.3. The summed E-state index contributed by atoms with van der Waals surface area (Å²) in [5.41, 5.74) is 4.36. The van der Waals surface area contributed by atoms with Crippen LogP contribution in [0.3, 0.4) is 0 Å². The zero-order valence-corrected chi connectivity index (χ0v) is 13.4. The molecule has 23 heavy (non-hydrogen) atoms. The van der Waals surface area contributed by atoms with Gasteiger partial charge in [-0.05, 0) is 42.9 Å². The Morgan fingerprint density at radius 1 is 1.30 bits per heavy atom. The number of carbonyl (C=O) groups is 1. The topological polar surface area (TPSA) is 29.5 Å². The van der Waals surface area contributed by atoms with E-state index in [1.165, 1.54) is 6.07 Å². The van der Waals surface area contributed by atoms with Crippen molar-refractivity contribution in [3.8, 4) is 0 Å². The van der Waals surface area contributed by atoms with Crippen LogP contribution < -0.4 is 0 Å². The van der Waals surface area contributed by atoms with Crippen molar-refractivity contribution in [3.63, 3.8) is 0 Å². The summed E-state index contributed by atoms with van der Waals surface area (Å²) in [6, 6.07) is 5.24. The van der Waals surface area contributed by atoms with Crippen molar-refractivity contribution < 1.29 is 13.9 Å². The average molecular weight is 313 g/mol. The fourth-order valence-corrected chi connectivity index (χ4v) is 3.84. The highest BCUT2D eigenvalue weighted by Crippen LogP contribution is 2.46. The maximum Gasteiger partial charge on any atom is 0.337 e. The van der Waals surface area contributed by atoms with Gasteiger partial charge in [0, 0.05) is 18.7 Å². The van der Waals surface area contributed by atoms with Gasteiger partial charge in [0.05, 0.1) is 11.3 Å². The van der Waals surface area contributed by atoms with Gasteiger partial charge < -0.3 is 9.64 Å². The van der Waals surface area contributed by atoms with E-state index in [1.807, 2.05) is 24.9 Å². The molecule has 1 unspecified atom stereocenters. The third-order valence-corrected chi connectivity index (χ3v) is 5.46. The van der Waals surface area contributed by atoms with Crippen LogP contribution in [0.25, 0.3) is 0 Å². The predicted octanol–water partition coefficient (Wildman–Crippen LogP) is 3.84. The number of esters is 1. The first-order chi connectivity index (χ1) is 11.1. The molecule has 2 heterocycles. The largest absolute Gasteiger partial charge is 0.456 e. The van der Waals surface area contributed by atoms with Gasteiger partial charge in [-0.15, -0.1) is 0 Å². The van der Waals surface area contributed by atoms with Crippen LogP contribution in [0.4, 0.5) is 4.39 Å². The van der Waals surface area contributed by atoms with Crippen LogP contribution in [0.15, 0.2) is 41.2 Å². The van der Waals surface area contributed by atoms with Crippen LogP contribution in [0.1, 0.15) is 49.1 Å². The van der Waals surface area contributed by atoms with Crippen LogP contribution in [0, 0.1) is 5.82 Å². The number of hydrogen-bond acceptors (Lipinski definition) is 3. The van der Waals surface area contributed by atoms with Gasteiger partial charge in [0.2, 0.25) is 0 Å². The Labute approximate surface area is 135 Å². The number of likely N-dealkylation sites (N-methyl/N-ethyl adjacent to an activating group) is 1. The zero-order chi connectivity index (χ0) is 16.1. The fraction of sp³-hybridized carbons (Fsp3) is 0.421. The van der Waals surface area contributed by atoms with Crippen molar-refractivity contribution in [1.29, 1.82) is 0 Å². The van der Waals surface area contributed by atoms with Crippen LogP contribution in [0.2, 0.25) is 0 Å². The van der Waals surface area contributed by atoms with E-state index >= 15 is 0 Å². The highest BCUT2D eigenvalue weighted by Gasteiger charge is 2.39. The van der Waals surface area contributed by atoms with E-state index in [0.29, 0.717) is 12.2 Å². The molecule has 0 aromatic heterocycles. The first-order valence-corrected chi connectivity index (χ1v) is 8.18. The standard InChI is InChI=1S/C19H20FNO2/c1-11-9-14(18-16(21(11)2)10-23-19(18)22)13-7-4-8-15(20)17(13)12-5-3-6-12/h4,7-9,12,14H,3,5-6,10H2,1-2H3. The molecule has 0 bridgehead atoms. The predicted molar refractivity (Wildman–Crippen MR) is 85.2 cm³/mol. The third kappa shape index (κ3) is 2.12. The lowest BCUT2D eigenvalue weighted by Gasteiger charge is -2.33. The summed E-state index contributed by atoms with van der Waals surface area (Å²) in [6.45, 7) is 2.32. The molecule has 0 saturated heterocycles. The first-order valence-electron chi connectivity index (χ1n) is 8.18. The Bertz CT molecular complexity index is 746. The van der Waals surface area contributed by atoms with Gasteiger partial charge in [0.25, 0.3) is 0 Å². The number of cyclic esters (lactones) is 1. The van der Waals surface area contributed by atoms with Crippen molar-refractivity contribution in [1.82, 2.24) is 4.90 Å². The van der Waals surface area contributed by atoms with E-state index < -0.39 is 0 Å². The molecule has 1 saturated carbocycles. The van der Waals surface area contributed by atoms with E-state index in [-0.39, 0.29) is 23.6 Å². The van der Waals surface area contributed by atoms with Crippen molar-refractivity contribution in [3.05, 3.63) is 58.2 Å². The molecule has 4 rings (SSSR count). The number of rotatable bonds is 2. The quantitative estimate of drug-likeness (QED) is 0.777. The molecule has 0 radical (unpaired) electrons. The molecule has 1 aromatic carbocycles. The third-order valence-electron chi connectivity index (χ3n) is 5.46. The SMILES string of the molecule is CC1=CC(c2cccc(F)c2C2CCC2)C2=C(COC2=O)N1C. The molecule has 3 nitrogen and oxygen atoms in total. The summed E-state index contributed by atoms with van der Waals surface area (Å²) in [5.74, 6) is -0.348. The van der Waals surface area contributed by atoms with E-state index in [9.17, 15) is 9.18 Å². The number of benzene rings is 1. The van der Waals surface area contributed by atoms with E-state index in [1.54, 1.807) is 6.07 Å². The lowest BCUT2D eigenvalue weighted by molar-refractivity contribution is -0.136. The molecule has 1 aliphatic carbocycles. The maximum absolute atomic E-state index is 14.5. The van der Waals surface area contributed by atoms with E-state index in [4.69, 9.17) is 4.74 Å². The molecule has 0 N–H and O–H groups in total. The smallest absolute Gasteiger partial charge is 0.337 e. The van der Waals surface area contributed by atoms with Crippen molar-refractivity contribution in [2.45, 2.75) is 38.0 Å². The van der Waals surface area contributed by atoms with Crippen LogP contribution in [-0.2, 0) is 9.53 Å². The average Bonchev–Trinajstić information content (AvgIpc) is 2.86. The molecule has 0 spiro atoms. The molecule has 1 fully saturated rings. The molecule has 4 heteroatoms. The van der Waals surface area contributed by atoms with Crippen LogP contribution in [-0.4, -0.2) is 24.5 Å². The molecule has 3 aliphatic rings. The zero-order valence-electron chi connectivity index (χ0n) is 13.4. The summed E-state index contributed by atoms with van der Waals surface area (Å²) >= 11 is 0. The van der Waals surface area contributed by atoms with Crippen LogP contribution in [0.5, 0.6) is 0 Å². The second kappa shape index (κ2) is 5.22. The molecular formula is C19H20FNO2. The normalized spacial score (nSPS) is 24.3. The van der Waals surface area contributed by atoms with E-state index in [2.05, 4.69) is 6.08 Å². The molecule has 2 aliphatic heterocycles. The number of halogens is 1. The molecule has 120 valence electrons. The molecule has 0 amide bonds. The Morgan fingerprint density at radius 3 is 2.78 bits per heavy atom. The lowest BCUT2D eigenvalue weighted by atomic mass is 9.74. The summed E-state index contributed by atoms with van der Waals surface area (Å²) in [6.07, 6.45) is 5.26. The number of carbonyl (C=O) groups excluding carboxylic acids is 1. The number of hydrogen-bond donors (Lipinski definition) is 0. The van der Waals surface area contributed by atoms with Gasteiger partial charge in [0.1, 0.15) is 12.4 Å². The lowest BCUT2D eigenvalue weighted by Crippen LogP contribution is -2.25. The maximum atomic E-state index is 14.5. The minimum atomic E-state index is -0.274. The van der Waals surface area contributed by atoms with Crippen molar-refractivity contribution >= 4 is 5.97 Å². The second-order valence-corrected chi connectivity index (χ2v) is 6.65. The van der Waals surface area contributed by atoms with Crippen molar-refractivity contribution in [2.24, 2.45) is 0 Å². The van der Waals surface area contributed by atoms with Gasteiger partial charge in [0.15, 0.2) is 0 Å². The Morgan fingerprint density at radius 2 is 2.09 bits per heavy atom. The Balaban J connectivity index is 1.87. The summed E-state index contributed by atoms with van der Waals surface area (Å²) < 4.78 is 19.8. The van der Waals surface area contributed by atoms with Gasteiger partial charge in [-0.25, -0.2) is 9.18 Å². The summed E-state index contributed by atoms with van der Waals surface area (Å²) in [5, 5.41) is 0. The number of allylic oxidation sites excluding steroid dienone is 2. The molecule has 1 atom stereocenters. The van der Waals surface area contributed by atoms with E-state index in [0.717, 1.165) is 41.8 Å². The highest BCUT2D eigenvalue weighted by molar-refractivity contribution is 5.94. The van der Waals surface area contributed by atoms with Gasteiger partial charge >= 0.3 is 5.97 Å². The van der Waals surface area contributed by atoms with Crippen molar-refractivity contribution in [2.75, 3.05) is 13.7 Å². The summed E-state index contributed by atoms with van der Waals surface area (Å²) in [7, 11) is 1.94. The van der Waals surface area contributed by atoms with Gasteiger partial charge in [-0.1, -0.05) is 24.6 Å². The van der Waals surface area contributed by atoms with Gasteiger partial charge in [-0.2, -0.15) is 0 Å². The minimum absolute atomic E-state index is 0.148. The number of nitrogens with zero attached hydrogens (tertiary/aromatic N) is 1. The second-order valence-electron chi connectivity index (χ2n) is 6.65. The Kier molecular flexibility index (Phi) is 3.29. The molecule has 1 aromatic rings. The minimum Gasteiger partial charge on any atom is -0.456 e. The number of ether oxygens (including phenoxy) is 1. The monoisotopic (exact) mass is 313 g/mol. The molecular weight excluding hydrogens is 293 g/mol. The highest BCUT2D eigenvalue weighted by atomic mass is 19.1. The fourth-order valence-electron chi connectivity index (χ4n) is 3.84. The van der Waals surface area contributed by atoms with Gasteiger partial charge in [-0.3, -0.25) is 0 Å². The van der Waals surface area contributed by atoms with Crippen LogP contribution >= 0.6 is 0 Å². The first kappa shape index (κ1) is 14.5. The Hall–Kier alpha value is -2.10.